The largest absolute Gasteiger partial charge is 0.381 e. The molecule has 0 spiro atoms. The van der Waals surface area contributed by atoms with Gasteiger partial charge >= 0.3 is 0 Å². The van der Waals surface area contributed by atoms with Crippen molar-refractivity contribution in [1.29, 1.82) is 0 Å². The molecule has 20 heavy (non-hydrogen) atoms. The zero-order valence-corrected chi connectivity index (χ0v) is 13.6. The fraction of sp³-hybridized carbons (Fsp3) is 1.00. The van der Waals surface area contributed by atoms with Gasteiger partial charge in [0.05, 0.1) is 19.3 Å². The molecule has 1 saturated heterocycles. The third-order valence-corrected chi connectivity index (χ3v) is 4.99. The van der Waals surface area contributed by atoms with Crippen molar-refractivity contribution in [2.24, 2.45) is 11.3 Å². The van der Waals surface area contributed by atoms with E-state index in [2.05, 4.69) is 26.1 Å². The summed E-state index contributed by atoms with van der Waals surface area (Å²) < 4.78 is 11.8. The molecule has 0 amide bonds. The molecular formula is C17H33NO2. The van der Waals surface area contributed by atoms with Crippen LogP contribution < -0.4 is 5.32 Å². The molecule has 0 radical (unpaired) electrons. The Morgan fingerprint density at radius 2 is 2.00 bits per heavy atom. The predicted molar refractivity (Wildman–Crippen MR) is 83.0 cm³/mol. The summed E-state index contributed by atoms with van der Waals surface area (Å²) in [5.74, 6) is 0.640. The Hall–Kier alpha value is -0.120. The Bertz CT molecular complexity index is 264. The molecule has 0 aromatic heterocycles. The fourth-order valence-electron chi connectivity index (χ4n) is 3.34. The Morgan fingerprint density at radius 3 is 2.60 bits per heavy atom. The van der Waals surface area contributed by atoms with Gasteiger partial charge in [-0.3, -0.25) is 0 Å². The van der Waals surface area contributed by atoms with Crippen LogP contribution in [0.25, 0.3) is 0 Å². The normalized spacial score (nSPS) is 28.6. The van der Waals surface area contributed by atoms with Gasteiger partial charge in [0.15, 0.2) is 0 Å². The van der Waals surface area contributed by atoms with Gasteiger partial charge in [-0.25, -0.2) is 0 Å². The van der Waals surface area contributed by atoms with E-state index in [1.54, 1.807) is 0 Å². The summed E-state index contributed by atoms with van der Waals surface area (Å²) in [5.41, 5.74) is 0.527. The number of ether oxygens (including phenoxy) is 2. The van der Waals surface area contributed by atoms with E-state index in [4.69, 9.17) is 9.47 Å². The molecule has 3 heteroatoms. The zero-order chi connectivity index (χ0) is 14.4. The predicted octanol–water partition coefficient (Wildman–Crippen LogP) is 3.38. The maximum absolute atomic E-state index is 6.23. The smallest absolute Gasteiger partial charge is 0.0626 e. The van der Waals surface area contributed by atoms with Gasteiger partial charge < -0.3 is 14.8 Å². The van der Waals surface area contributed by atoms with Gasteiger partial charge in [0.25, 0.3) is 0 Å². The summed E-state index contributed by atoms with van der Waals surface area (Å²) in [7, 11) is 0. The number of hydrogen-bond donors (Lipinski definition) is 1. The van der Waals surface area contributed by atoms with Crippen molar-refractivity contribution in [2.45, 2.75) is 71.4 Å². The molecule has 0 aromatic rings. The van der Waals surface area contributed by atoms with Crippen molar-refractivity contribution in [3.63, 3.8) is 0 Å². The van der Waals surface area contributed by atoms with E-state index in [1.807, 2.05) is 0 Å². The Balaban J connectivity index is 1.73. The molecule has 1 heterocycles. The second-order valence-electron chi connectivity index (χ2n) is 7.38. The minimum Gasteiger partial charge on any atom is -0.381 e. The topological polar surface area (TPSA) is 30.5 Å². The summed E-state index contributed by atoms with van der Waals surface area (Å²) in [6.45, 7) is 10.8. The highest BCUT2D eigenvalue weighted by atomic mass is 16.5. The second kappa shape index (κ2) is 7.77. The van der Waals surface area contributed by atoms with E-state index >= 15 is 0 Å². The maximum atomic E-state index is 6.23. The van der Waals surface area contributed by atoms with E-state index in [0.29, 0.717) is 23.5 Å². The van der Waals surface area contributed by atoms with Gasteiger partial charge in [-0.05, 0) is 50.5 Å². The van der Waals surface area contributed by atoms with Crippen molar-refractivity contribution in [3.8, 4) is 0 Å². The third kappa shape index (κ3) is 5.01. The first kappa shape index (κ1) is 16.3. The van der Waals surface area contributed by atoms with Crippen molar-refractivity contribution in [2.75, 3.05) is 26.4 Å². The van der Waals surface area contributed by atoms with Crippen LogP contribution in [0.5, 0.6) is 0 Å². The van der Waals surface area contributed by atoms with Crippen LogP contribution in [0.2, 0.25) is 0 Å². The van der Waals surface area contributed by atoms with E-state index in [1.165, 1.54) is 38.5 Å². The van der Waals surface area contributed by atoms with Gasteiger partial charge in [0.2, 0.25) is 0 Å². The van der Waals surface area contributed by atoms with Crippen LogP contribution in [0.15, 0.2) is 0 Å². The van der Waals surface area contributed by atoms with E-state index in [0.717, 1.165) is 26.4 Å². The standard InChI is InChI=1S/C17H33NO2/c1-4-10-18-16(14-7-11-19-12-14)13-20-15-5-8-17(2,3)9-6-15/h14-16,18H,4-13H2,1-3H3. The number of rotatable bonds is 7. The van der Waals surface area contributed by atoms with Crippen molar-refractivity contribution in [3.05, 3.63) is 0 Å². The van der Waals surface area contributed by atoms with E-state index < -0.39 is 0 Å². The second-order valence-corrected chi connectivity index (χ2v) is 7.38. The summed E-state index contributed by atoms with van der Waals surface area (Å²) in [4.78, 5) is 0. The molecule has 2 unspecified atom stereocenters. The first-order valence-electron chi connectivity index (χ1n) is 8.53. The molecular weight excluding hydrogens is 250 g/mol. The lowest BCUT2D eigenvalue weighted by Crippen LogP contribution is -2.42. The minimum atomic E-state index is 0.479. The van der Waals surface area contributed by atoms with Gasteiger partial charge in [-0.1, -0.05) is 20.8 Å². The van der Waals surface area contributed by atoms with Crippen LogP contribution in [0.3, 0.4) is 0 Å². The van der Waals surface area contributed by atoms with Gasteiger partial charge in [0, 0.05) is 18.6 Å². The van der Waals surface area contributed by atoms with E-state index in [9.17, 15) is 0 Å². The summed E-state index contributed by atoms with van der Waals surface area (Å²) >= 11 is 0. The number of hydrogen-bond acceptors (Lipinski definition) is 3. The Labute approximate surface area is 124 Å². The monoisotopic (exact) mass is 283 g/mol. The van der Waals surface area contributed by atoms with Crippen LogP contribution in [0.1, 0.15) is 59.3 Å². The SMILES string of the molecule is CCCNC(COC1CCC(C)(C)CC1)C1CCOC1. The zero-order valence-electron chi connectivity index (χ0n) is 13.6. The summed E-state index contributed by atoms with van der Waals surface area (Å²) in [5, 5.41) is 3.66. The average Bonchev–Trinajstić information content (AvgIpc) is 2.94. The van der Waals surface area contributed by atoms with Crippen LogP contribution in [-0.2, 0) is 9.47 Å². The van der Waals surface area contributed by atoms with Gasteiger partial charge in [0.1, 0.15) is 0 Å². The average molecular weight is 283 g/mol. The quantitative estimate of drug-likeness (QED) is 0.777. The molecule has 2 rings (SSSR count). The highest BCUT2D eigenvalue weighted by Gasteiger charge is 2.30. The minimum absolute atomic E-state index is 0.479. The lowest BCUT2D eigenvalue weighted by molar-refractivity contribution is -0.0130. The van der Waals surface area contributed by atoms with Crippen molar-refractivity contribution >= 4 is 0 Å². The molecule has 1 N–H and O–H groups in total. The molecule has 118 valence electrons. The van der Waals surface area contributed by atoms with Crippen LogP contribution >= 0.6 is 0 Å². The van der Waals surface area contributed by atoms with E-state index in [-0.39, 0.29) is 0 Å². The van der Waals surface area contributed by atoms with Crippen molar-refractivity contribution in [1.82, 2.24) is 5.32 Å². The molecule has 1 aliphatic heterocycles. The lowest BCUT2D eigenvalue weighted by Gasteiger charge is -2.35. The Morgan fingerprint density at radius 1 is 1.25 bits per heavy atom. The maximum Gasteiger partial charge on any atom is 0.0626 e. The van der Waals surface area contributed by atoms with Gasteiger partial charge in [-0.15, -0.1) is 0 Å². The molecule has 3 nitrogen and oxygen atoms in total. The fourth-order valence-corrected chi connectivity index (χ4v) is 3.34. The first-order chi connectivity index (χ1) is 9.61. The van der Waals surface area contributed by atoms with Crippen molar-refractivity contribution < 1.29 is 9.47 Å². The van der Waals surface area contributed by atoms with Crippen LogP contribution in [0, 0.1) is 11.3 Å². The highest BCUT2D eigenvalue weighted by Crippen LogP contribution is 2.36. The summed E-state index contributed by atoms with van der Waals surface area (Å²) in [6.07, 6.45) is 7.92. The molecule has 2 fully saturated rings. The molecule has 0 aromatic carbocycles. The highest BCUT2D eigenvalue weighted by molar-refractivity contribution is 4.82. The van der Waals surface area contributed by atoms with Gasteiger partial charge in [-0.2, -0.15) is 0 Å². The van der Waals surface area contributed by atoms with Crippen LogP contribution in [-0.4, -0.2) is 38.5 Å². The first-order valence-corrected chi connectivity index (χ1v) is 8.53. The lowest BCUT2D eigenvalue weighted by atomic mass is 9.76. The third-order valence-electron chi connectivity index (χ3n) is 4.99. The molecule has 0 bridgehead atoms. The molecule has 1 aliphatic carbocycles. The molecule has 2 aliphatic rings. The molecule has 2 atom stereocenters. The summed E-state index contributed by atoms with van der Waals surface area (Å²) in [6, 6.07) is 0.479. The molecule has 1 saturated carbocycles. The van der Waals surface area contributed by atoms with Crippen LogP contribution in [0.4, 0.5) is 0 Å². The number of nitrogens with one attached hydrogen (secondary N) is 1. The Kier molecular flexibility index (Phi) is 6.31.